The summed E-state index contributed by atoms with van der Waals surface area (Å²) in [6.45, 7) is 0.593. The van der Waals surface area contributed by atoms with Crippen LogP contribution in [0.4, 0.5) is 0 Å². The van der Waals surface area contributed by atoms with E-state index in [4.69, 9.17) is 21.3 Å². The predicted molar refractivity (Wildman–Crippen MR) is 130 cm³/mol. The minimum Gasteiger partial charge on any atom is -0.465 e. The first kappa shape index (κ1) is 22.6. The number of aromatic nitrogens is 2. The number of hydrogen-bond acceptors (Lipinski definition) is 5. The third-order valence-electron chi connectivity index (χ3n) is 5.66. The summed E-state index contributed by atoms with van der Waals surface area (Å²) in [4.78, 5) is 30.1. The molecule has 0 unspecified atom stereocenters. The number of ether oxygens (including phenoxy) is 1. The SMILES string of the molecule is COC(=O)c1ccc2c(=O)n(CCC3=CCCCC3)c(SCc3ccc(Cl)cc3)nc2c1. The molecule has 1 aliphatic rings. The molecule has 166 valence electrons. The van der Waals surface area contributed by atoms with E-state index in [1.165, 1.54) is 37.3 Å². The van der Waals surface area contributed by atoms with Crippen molar-refractivity contribution in [1.29, 1.82) is 0 Å². The maximum atomic E-state index is 13.4. The van der Waals surface area contributed by atoms with Crippen molar-refractivity contribution in [3.63, 3.8) is 0 Å². The zero-order valence-corrected chi connectivity index (χ0v) is 19.5. The summed E-state index contributed by atoms with van der Waals surface area (Å²) >= 11 is 7.51. The van der Waals surface area contributed by atoms with Crippen LogP contribution in [0.25, 0.3) is 10.9 Å². The average molecular weight is 469 g/mol. The number of benzene rings is 2. The predicted octanol–water partition coefficient (Wildman–Crippen LogP) is 6.02. The van der Waals surface area contributed by atoms with Gasteiger partial charge in [-0.1, -0.05) is 47.1 Å². The van der Waals surface area contributed by atoms with E-state index in [0.29, 0.717) is 38.9 Å². The lowest BCUT2D eigenvalue weighted by Crippen LogP contribution is -2.24. The Morgan fingerprint density at radius 1 is 1.19 bits per heavy atom. The summed E-state index contributed by atoms with van der Waals surface area (Å²) in [6.07, 6.45) is 7.84. The second kappa shape index (κ2) is 10.4. The van der Waals surface area contributed by atoms with E-state index >= 15 is 0 Å². The van der Waals surface area contributed by atoms with E-state index in [-0.39, 0.29) is 5.56 Å². The zero-order chi connectivity index (χ0) is 22.5. The molecule has 1 aromatic heterocycles. The molecule has 1 aliphatic carbocycles. The maximum Gasteiger partial charge on any atom is 0.337 e. The first-order valence-corrected chi connectivity index (χ1v) is 12.1. The van der Waals surface area contributed by atoms with Crippen LogP contribution in [-0.4, -0.2) is 22.6 Å². The van der Waals surface area contributed by atoms with Gasteiger partial charge in [0.05, 0.1) is 23.6 Å². The number of rotatable bonds is 7. The van der Waals surface area contributed by atoms with Crippen molar-refractivity contribution < 1.29 is 9.53 Å². The van der Waals surface area contributed by atoms with Gasteiger partial charge in [0.2, 0.25) is 0 Å². The number of hydrogen-bond donors (Lipinski definition) is 0. The topological polar surface area (TPSA) is 61.2 Å². The number of halogens is 1. The molecule has 0 amide bonds. The summed E-state index contributed by atoms with van der Waals surface area (Å²) in [6, 6.07) is 12.6. The Balaban J connectivity index is 1.69. The Hall–Kier alpha value is -2.57. The van der Waals surface area contributed by atoms with Crippen LogP contribution < -0.4 is 5.56 Å². The minimum absolute atomic E-state index is 0.0820. The van der Waals surface area contributed by atoms with Gasteiger partial charge in [0, 0.05) is 17.3 Å². The van der Waals surface area contributed by atoms with Crippen molar-refractivity contribution in [2.75, 3.05) is 7.11 Å². The first-order valence-electron chi connectivity index (χ1n) is 10.7. The number of methoxy groups -OCH3 is 1. The fourth-order valence-corrected chi connectivity index (χ4v) is 4.98. The molecule has 0 N–H and O–H groups in total. The highest BCUT2D eigenvalue weighted by molar-refractivity contribution is 7.98. The molecular formula is C25H25ClN2O3S. The van der Waals surface area contributed by atoms with Crippen molar-refractivity contribution >= 4 is 40.2 Å². The van der Waals surface area contributed by atoms with Gasteiger partial charge in [-0.05, 0) is 68.0 Å². The number of carbonyl (C=O) groups is 1. The largest absolute Gasteiger partial charge is 0.465 e. The lowest BCUT2D eigenvalue weighted by atomic mass is 9.97. The van der Waals surface area contributed by atoms with E-state index in [1.54, 1.807) is 22.8 Å². The number of nitrogens with zero attached hydrogens (tertiary/aromatic N) is 2. The minimum atomic E-state index is -0.447. The molecule has 0 bridgehead atoms. The van der Waals surface area contributed by atoms with Crippen LogP contribution in [0.2, 0.25) is 5.02 Å². The van der Waals surface area contributed by atoms with Gasteiger partial charge in [0.15, 0.2) is 5.16 Å². The molecule has 3 aromatic rings. The van der Waals surface area contributed by atoms with Crippen LogP contribution in [-0.2, 0) is 17.0 Å². The Morgan fingerprint density at radius 2 is 2.00 bits per heavy atom. The van der Waals surface area contributed by atoms with Gasteiger partial charge in [0.25, 0.3) is 5.56 Å². The van der Waals surface area contributed by atoms with E-state index in [1.807, 2.05) is 24.3 Å². The molecule has 0 aliphatic heterocycles. The molecule has 0 radical (unpaired) electrons. The van der Waals surface area contributed by atoms with Crippen LogP contribution in [0.1, 0.15) is 48.0 Å². The summed E-state index contributed by atoms with van der Waals surface area (Å²) in [5.41, 5.74) is 3.31. The molecule has 0 spiro atoms. The maximum absolute atomic E-state index is 13.4. The van der Waals surface area contributed by atoms with Crippen LogP contribution in [0.3, 0.4) is 0 Å². The number of allylic oxidation sites excluding steroid dienone is 2. The molecule has 5 nitrogen and oxygen atoms in total. The average Bonchev–Trinajstić information content (AvgIpc) is 2.83. The molecular weight excluding hydrogens is 444 g/mol. The van der Waals surface area contributed by atoms with Gasteiger partial charge in [-0.25, -0.2) is 9.78 Å². The van der Waals surface area contributed by atoms with E-state index in [9.17, 15) is 9.59 Å². The van der Waals surface area contributed by atoms with Gasteiger partial charge in [-0.3, -0.25) is 9.36 Å². The monoisotopic (exact) mass is 468 g/mol. The van der Waals surface area contributed by atoms with Gasteiger partial charge in [-0.2, -0.15) is 0 Å². The Bertz CT molecular complexity index is 1220. The molecule has 1 heterocycles. The number of esters is 1. The summed E-state index contributed by atoms with van der Waals surface area (Å²) < 4.78 is 6.59. The van der Waals surface area contributed by atoms with Crippen LogP contribution in [0.15, 0.2) is 64.1 Å². The molecule has 0 saturated heterocycles. The summed E-state index contributed by atoms with van der Waals surface area (Å²) in [5, 5.41) is 1.84. The van der Waals surface area contributed by atoms with Gasteiger partial charge in [0.1, 0.15) is 0 Å². The lowest BCUT2D eigenvalue weighted by molar-refractivity contribution is 0.0601. The second-order valence-corrected chi connectivity index (χ2v) is 9.23. The molecule has 0 fully saturated rings. The second-order valence-electron chi connectivity index (χ2n) is 7.85. The van der Waals surface area contributed by atoms with E-state index in [0.717, 1.165) is 24.8 Å². The number of carbonyl (C=O) groups excluding carboxylic acids is 1. The fourth-order valence-electron chi connectivity index (χ4n) is 3.87. The Kier molecular flexibility index (Phi) is 7.33. The Morgan fingerprint density at radius 3 is 2.72 bits per heavy atom. The van der Waals surface area contributed by atoms with Gasteiger partial charge >= 0.3 is 5.97 Å². The molecule has 4 rings (SSSR count). The smallest absolute Gasteiger partial charge is 0.337 e. The third kappa shape index (κ3) is 5.25. The fraction of sp³-hybridized carbons (Fsp3) is 0.320. The highest BCUT2D eigenvalue weighted by Crippen LogP contribution is 2.26. The normalized spacial score (nSPS) is 13.8. The van der Waals surface area contributed by atoms with Crippen molar-refractivity contribution in [1.82, 2.24) is 9.55 Å². The van der Waals surface area contributed by atoms with Crippen molar-refractivity contribution in [2.45, 2.75) is 49.6 Å². The van der Waals surface area contributed by atoms with Crippen molar-refractivity contribution in [3.8, 4) is 0 Å². The number of thioether (sulfide) groups is 1. The van der Waals surface area contributed by atoms with Crippen molar-refractivity contribution in [3.05, 3.63) is 80.6 Å². The third-order valence-corrected chi connectivity index (χ3v) is 6.96. The first-order chi connectivity index (χ1) is 15.5. The van der Waals surface area contributed by atoms with Crippen LogP contribution in [0, 0.1) is 0 Å². The number of fused-ring (bicyclic) bond motifs is 1. The zero-order valence-electron chi connectivity index (χ0n) is 18.0. The van der Waals surface area contributed by atoms with E-state index in [2.05, 4.69) is 6.08 Å². The molecule has 0 atom stereocenters. The molecule has 7 heteroatoms. The van der Waals surface area contributed by atoms with Gasteiger partial charge < -0.3 is 4.74 Å². The summed E-state index contributed by atoms with van der Waals surface area (Å²) in [7, 11) is 1.34. The highest BCUT2D eigenvalue weighted by Gasteiger charge is 2.15. The quantitative estimate of drug-likeness (QED) is 0.183. The molecule has 2 aromatic carbocycles. The molecule has 0 saturated carbocycles. The Labute approximate surface area is 196 Å². The van der Waals surface area contributed by atoms with Crippen LogP contribution in [0.5, 0.6) is 0 Å². The van der Waals surface area contributed by atoms with Crippen LogP contribution >= 0.6 is 23.4 Å². The summed E-state index contributed by atoms with van der Waals surface area (Å²) in [5.74, 6) is 0.214. The van der Waals surface area contributed by atoms with E-state index < -0.39 is 5.97 Å². The van der Waals surface area contributed by atoms with Gasteiger partial charge in [-0.15, -0.1) is 0 Å². The lowest BCUT2D eigenvalue weighted by Gasteiger charge is -2.16. The standard InChI is InChI=1S/C25H25ClN2O3S/c1-31-24(30)19-9-12-21-22(15-19)27-25(32-16-18-7-10-20(26)11-8-18)28(23(21)29)14-13-17-5-3-2-4-6-17/h5,7-12,15H,2-4,6,13-14,16H2,1H3. The van der Waals surface area contributed by atoms with Crippen molar-refractivity contribution in [2.24, 2.45) is 0 Å². The molecule has 32 heavy (non-hydrogen) atoms. The highest BCUT2D eigenvalue weighted by atomic mass is 35.5.